The summed E-state index contributed by atoms with van der Waals surface area (Å²) in [6.45, 7) is 2.39. The van der Waals surface area contributed by atoms with Crippen molar-refractivity contribution in [3.63, 3.8) is 0 Å². The van der Waals surface area contributed by atoms with Crippen molar-refractivity contribution < 1.29 is 18.5 Å². The molecule has 10 nitrogen and oxygen atoms in total. The fourth-order valence-corrected chi connectivity index (χ4v) is 9.44. The molecule has 1 fully saturated rings. The molecule has 6 N–H and O–H groups in total. The smallest absolute Gasteiger partial charge is 0.240 e. The standard InChI is InChI=1S/C27H35N6O4PS/c28-27(29)32-12-9-18(10-13-32)16-31-25(34)17-33-22-4-2-1-3-19(22)5-8-24(26(33)35)38(30)39(36)21-6-7-23-20(15-21)11-14-37-23/h1-4,6-7,15,18,24H,5,8-14,16-17,30H2,(H3,28,29)(H,31,34)/t24-,38?,39?/m0/s1. The second kappa shape index (κ2) is 12.0. The Morgan fingerprint density at radius 3 is 2.67 bits per heavy atom. The average molecular weight is 571 g/mol. The highest BCUT2D eigenvalue weighted by molar-refractivity contribution is 8.46. The molecule has 3 aliphatic heterocycles. The molecule has 0 aliphatic carbocycles. The molecular formula is C27H35N6O4PS. The maximum Gasteiger partial charge on any atom is 0.240 e. The van der Waals surface area contributed by atoms with E-state index in [1.807, 2.05) is 41.3 Å². The third kappa shape index (κ3) is 6.10. The minimum absolute atomic E-state index is 0.0800. The summed E-state index contributed by atoms with van der Waals surface area (Å²) in [6.07, 6.45) is 3.53. The number of fused-ring (bicyclic) bond motifs is 2. The number of guanidine groups is 1. The lowest BCUT2D eigenvalue weighted by Gasteiger charge is -2.32. The molecule has 3 heterocycles. The lowest BCUT2D eigenvalue weighted by atomic mass is 9.97. The Morgan fingerprint density at radius 2 is 1.90 bits per heavy atom. The zero-order valence-corrected chi connectivity index (χ0v) is 23.5. The fraction of sp³-hybridized carbons (Fsp3) is 0.444. The van der Waals surface area contributed by atoms with Gasteiger partial charge in [-0.3, -0.25) is 20.5 Å². The number of anilines is 1. The van der Waals surface area contributed by atoms with Crippen LogP contribution in [0.4, 0.5) is 5.69 Å². The molecule has 208 valence electrons. The summed E-state index contributed by atoms with van der Waals surface area (Å²) in [6, 6.07) is 13.1. The maximum atomic E-state index is 13.9. The number of carbonyl (C=O) groups is 2. The summed E-state index contributed by atoms with van der Waals surface area (Å²) < 4.78 is 19.1. The molecule has 2 unspecified atom stereocenters. The first-order chi connectivity index (χ1) is 18.8. The van der Waals surface area contributed by atoms with Crippen LogP contribution in [0, 0.1) is 11.3 Å². The zero-order chi connectivity index (χ0) is 27.5. The highest BCUT2D eigenvalue weighted by Crippen LogP contribution is 2.46. The summed E-state index contributed by atoms with van der Waals surface area (Å²) in [5.41, 5.74) is 14.2. The molecule has 39 heavy (non-hydrogen) atoms. The fourth-order valence-electron chi connectivity index (χ4n) is 5.44. The van der Waals surface area contributed by atoms with Crippen LogP contribution < -0.4 is 26.2 Å². The number of hydrogen-bond acceptors (Lipinski definition) is 6. The SMILES string of the molecule is N=C(N)N1CCC(CNC(=O)CN2C(=O)[C@@H](P(N)S(=O)c3ccc4c(c3)CCO4)CCc3ccccc32)CC1. The molecule has 0 bridgehead atoms. The molecule has 2 aromatic carbocycles. The van der Waals surface area contributed by atoms with Crippen molar-refractivity contribution in [3.05, 3.63) is 53.6 Å². The number of ether oxygens (including phenoxy) is 1. The first kappa shape index (κ1) is 27.6. The molecule has 12 heteroatoms. The molecule has 0 spiro atoms. The van der Waals surface area contributed by atoms with Crippen molar-refractivity contribution in [2.45, 2.75) is 42.7 Å². The van der Waals surface area contributed by atoms with Crippen molar-refractivity contribution >= 4 is 41.2 Å². The number of benzene rings is 2. The molecular weight excluding hydrogens is 535 g/mol. The normalized spacial score (nSPS) is 20.8. The summed E-state index contributed by atoms with van der Waals surface area (Å²) in [5.74, 6) is 0.683. The number of amides is 2. The number of para-hydroxylation sites is 1. The second-order valence-electron chi connectivity index (χ2n) is 10.2. The number of hydrogen-bond donors (Lipinski definition) is 4. The van der Waals surface area contributed by atoms with Crippen LogP contribution in [0.1, 0.15) is 30.4 Å². The first-order valence-corrected chi connectivity index (χ1v) is 16.5. The van der Waals surface area contributed by atoms with E-state index >= 15 is 0 Å². The predicted molar refractivity (Wildman–Crippen MR) is 153 cm³/mol. The van der Waals surface area contributed by atoms with Crippen LogP contribution in [0.2, 0.25) is 0 Å². The number of likely N-dealkylation sites (tertiary alicyclic amines) is 1. The molecule has 2 aromatic rings. The summed E-state index contributed by atoms with van der Waals surface area (Å²) >= 11 is 0. The van der Waals surface area contributed by atoms with Crippen LogP contribution in [0.25, 0.3) is 0 Å². The Labute approximate surface area is 231 Å². The van der Waals surface area contributed by atoms with Crippen LogP contribution in [-0.4, -0.2) is 65.3 Å². The molecule has 3 atom stereocenters. The highest BCUT2D eigenvalue weighted by atomic mass is 32.7. The van der Waals surface area contributed by atoms with E-state index < -0.39 is 23.4 Å². The van der Waals surface area contributed by atoms with E-state index in [-0.39, 0.29) is 24.3 Å². The summed E-state index contributed by atoms with van der Waals surface area (Å²) in [5, 5.41) is 10.6. The summed E-state index contributed by atoms with van der Waals surface area (Å²) in [4.78, 5) is 30.9. The topological polar surface area (TPSA) is 155 Å². The molecule has 1 saturated heterocycles. The predicted octanol–water partition coefficient (Wildman–Crippen LogP) is 2.07. The molecule has 2 amide bonds. The maximum absolute atomic E-state index is 13.9. The highest BCUT2D eigenvalue weighted by Gasteiger charge is 2.38. The van der Waals surface area contributed by atoms with Crippen LogP contribution in [0.15, 0.2) is 47.4 Å². The van der Waals surface area contributed by atoms with Gasteiger partial charge in [-0.25, -0.2) is 4.21 Å². The van der Waals surface area contributed by atoms with E-state index in [1.54, 1.807) is 6.07 Å². The Bertz CT molecular complexity index is 1280. The molecule has 0 aromatic heterocycles. The number of nitrogens with two attached hydrogens (primary N) is 2. The van der Waals surface area contributed by atoms with E-state index in [0.717, 1.165) is 36.1 Å². The van der Waals surface area contributed by atoms with Gasteiger partial charge in [-0.2, -0.15) is 0 Å². The van der Waals surface area contributed by atoms with Crippen molar-refractivity contribution in [2.24, 2.45) is 17.2 Å². The summed E-state index contributed by atoms with van der Waals surface area (Å²) in [7, 11) is -3.25. The van der Waals surface area contributed by atoms with Gasteiger partial charge in [-0.1, -0.05) is 18.2 Å². The number of piperidine rings is 1. The molecule has 5 rings (SSSR count). The third-order valence-corrected chi connectivity index (χ3v) is 12.4. The monoisotopic (exact) mass is 570 g/mol. The quantitative estimate of drug-likeness (QED) is 0.226. The molecule has 0 radical (unpaired) electrons. The number of aryl methyl sites for hydroxylation is 1. The van der Waals surface area contributed by atoms with Gasteiger partial charge >= 0.3 is 0 Å². The largest absolute Gasteiger partial charge is 0.493 e. The Morgan fingerprint density at radius 1 is 1.13 bits per heavy atom. The van der Waals surface area contributed by atoms with E-state index in [0.29, 0.717) is 55.6 Å². The zero-order valence-electron chi connectivity index (χ0n) is 21.8. The van der Waals surface area contributed by atoms with Gasteiger partial charge < -0.3 is 25.6 Å². The Balaban J connectivity index is 1.28. The van der Waals surface area contributed by atoms with Gasteiger partial charge in [-0.05, 0) is 67.0 Å². The minimum Gasteiger partial charge on any atom is -0.493 e. The number of nitrogens with one attached hydrogen (secondary N) is 2. The van der Waals surface area contributed by atoms with Crippen LogP contribution in [-0.2, 0) is 32.9 Å². The van der Waals surface area contributed by atoms with Gasteiger partial charge in [0.2, 0.25) is 11.8 Å². The number of rotatable bonds is 7. The Hall–Kier alpha value is -3.01. The first-order valence-electron chi connectivity index (χ1n) is 13.3. The lowest BCUT2D eigenvalue weighted by molar-refractivity contribution is -0.123. The lowest BCUT2D eigenvalue weighted by Crippen LogP contribution is -2.47. The third-order valence-electron chi connectivity index (χ3n) is 7.73. The van der Waals surface area contributed by atoms with Crippen molar-refractivity contribution in [1.82, 2.24) is 10.2 Å². The van der Waals surface area contributed by atoms with Crippen LogP contribution in [0.5, 0.6) is 5.75 Å². The van der Waals surface area contributed by atoms with E-state index in [1.165, 1.54) is 4.90 Å². The van der Waals surface area contributed by atoms with E-state index in [2.05, 4.69) is 5.32 Å². The van der Waals surface area contributed by atoms with Gasteiger partial charge in [-0.15, -0.1) is 0 Å². The van der Waals surface area contributed by atoms with Crippen molar-refractivity contribution in [1.29, 1.82) is 5.41 Å². The van der Waals surface area contributed by atoms with Gasteiger partial charge in [0, 0.05) is 36.6 Å². The van der Waals surface area contributed by atoms with Gasteiger partial charge in [0.05, 0.1) is 30.0 Å². The van der Waals surface area contributed by atoms with Crippen LogP contribution >= 0.6 is 7.27 Å². The van der Waals surface area contributed by atoms with E-state index in [4.69, 9.17) is 21.4 Å². The van der Waals surface area contributed by atoms with Crippen molar-refractivity contribution in [3.8, 4) is 5.75 Å². The molecule has 0 saturated carbocycles. The average Bonchev–Trinajstić information content (AvgIpc) is 3.38. The number of nitrogens with zero attached hydrogens (tertiary/aromatic N) is 2. The van der Waals surface area contributed by atoms with Crippen molar-refractivity contribution in [2.75, 3.05) is 37.7 Å². The van der Waals surface area contributed by atoms with Gasteiger partial charge in [0.1, 0.15) is 12.3 Å². The minimum atomic E-state index is -1.71. The number of carbonyl (C=O) groups excluding carboxylic acids is 2. The van der Waals surface area contributed by atoms with Gasteiger partial charge in [0.15, 0.2) is 5.96 Å². The van der Waals surface area contributed by atoms with E-state index in [9.17, 15) is 13.8 Å². The van der Waals surface area contributed by atoms with Crippen LogP contribution in [0.3, 0.4) is 0 Å². The molecule has 3 aliphatic rings. The second-order valence-corrected chi connectivity index (χ2v) is 14.8. The Kier molecular flexibility index (Phi) is 8.49. The van der Waals surface area contributed by atoms with Gasteiger partial charge in [0.25, 0.3) is 0 Å².